The number of carbonyl (C=O) groups excluding carboxylic acids is 1. The molecular weight excluding hydrogens is 390 g/mol. The Morgan fingerprint density at radius 1 is 1.38 bits per heavy atom. The SMILES string of the molecule is CCc1cc(C)c2c(c1)C(C(=O)n1nc(N)c3c1CN(S(C)(=O)=O)CC3)CCN2. The Hall–Kier alpha value is -2.39. The van der Waals surface area contributed by atoms with E-state index in [-0.39, 0.29) is 18.4 Å². The van der Waals surface area contributed by atoms with Crippen molar-refractivity contribution in [3.63, 3.8) is 0 Å². The first-order valence-electron chi connectivity index (χ1n) is 9.93. The number of aryl methyl sites for hydroxylation is 2. The molecule has 0 saturated heterocycles. The molecule has 2 aliphatic rings. The van der Waals surface area contributed by atoms with Crippen LogP contribution in [0.5, 0.6) is 0 Å². The van der Waals surface area contributed by atoms with Crippen LogP contribution in [-0.2, 0) is 29.4 Å². The van der Waals surface area contributed by atoms with Gasteiger partial charge in [-0.15, -0.1) is 5.10 Å². The van der Waals surface area contributed by atoms with Crippen LogP contribution in [0.3, 0.4) is 0 Å². The molecule has 0 fully saturated rings. The number of nitrogens with one attached hydrogen (secondary N) is 1. The van der Waals surface area contributed by atoms with E-state index in [2.05, 4.69) is 36.4 Å². The maximum absolute atomic E-state index is 13.6. The second-order valence-corrected chi connectivity index (χ2v) is 9.89. The van der Waals surface area contributed by atoms with Crippen LogP contribution in [0.2, 0.25) is 0 Å². The highest BCUT2D eigenvalue weighted by atomic mass is 32.2. The van der Waals surface area contributed by atoms with Crippen molar-refractivity contribution < 1.29 is 13.2 Å². The normalized spacial score (nSPS) is 19.3. The molecule has 4 rings (SSSR count). The van der Waals surface area contributed by atoms with Crippen LogP contribution in [0.1, 0.15) is 52.0 Å². The number of carbonyl (C=O) groups is 1. The van der Waals surface area contributed by atoms with Crippen molar-refractivity contribution in [2.45, 2.75) is 45.6 Å². The summed E-state index contributed by atoms with van der Waals surface area (Å²) in [5.74, 6) is -0.175. The van der Waals surface area contributed by atoms with Gasteiger partial charge in [0.25, 0.3) is 5.91 Å². The van der Waals surface area contributed by atoms with Crippen LogP contribution in [0.15, 0.2) is 12.1 Å². The number of hydrogen-bond donors (Lipinski definition) is 2. The molecule has 0 spiro atoms. The molecule has 1 unspecified atom stereocenters. The van der Waals surface area contributed by atoms with Crippen molar-refractivity contribution in [1.29, 1.82) is 0 Å². The van der Waals surface area contributed by atoms with Crippen LogP contribution >= 0.6 is 0 Å². The smallest absolute Gasteiger partial charge is 0.254 e. The van der Waals surface area contributed by atoms with E-state index in [0.29, 0.717) is 37.4 Å². The van der Waals surface area contributed by atoms with E-state index in [9.17, 15) is 13.2 Å². The highest BCUT2D eigenvalue weighted by Gasteiger charge is 2.35. The molecule has 0 aliphatic carbocycles. The second-order valence-electron chi connectivity index (χ2n) is 7.91. The van der Waals surface area contributed by atoms with E-state index in [0.717, 1.165) is 28.8 Å². The van der Waals surface area contributed by atoms with Crippen molar-refractivity contribution in [2.75, 3.05) is 30.4 Å². The van der Waals surface area contributed by atoms with Crippen molar-refractivity contribution in [3.8, 4) is 0 Å². The van der Waals surface area contributed by atoms with E-state index in [1.165, 1.54) is 20.8 Å². The summed E-state index contributed by atoms with van der Waals surface area (Å²) in [6.45, 7) is 5.32. The fourth-order valence-electron chi connectivity index (χ4n) is 4.40. The van der Waals surface area contributed by atoms with Gasteiger partial charge in [-0.2, -0.15) is 4.31 Å². The summed E-state index contributed by atoms with van der Waals surface area (Å²) in [5.41, 5.74) is 11.8. The standard InChI is InChI=1S/C20H27N5O3S/c1-4-13-9-12(2)18-16(10-13)14(5-7-22-18)20(26)25-17-11-24(29(3,27)28)8-6-15(17)19(21)23-25/h9-10,14,22H,4-8,11H2,1-3H3,(H2,21,23). The highest BCUT2D eigenvalue weighted by molar-refractivity contribution is 7.88. The molecule has 3 heterocycles. The molecular formula is C20H27N5O3S. The second kappa shape index (κ2) is 7.14. The van der Waals surface area contributed by atoms with Crippen LogP contribution in [-0.4, -0.2) is 47.8 Å². The summed E-state index contributed by atoms with van der Waals surface area (Å²) < 4.78 is 26.8. The molecule has 2 aromatic rings. The Morgan fingerprint density at radius 2 is 2.14 bits per heavy atom. The summed E-state index contributed by atoms with van der Waals surface area (Å²) in [7, 11) is -3.36. The maximum Gasteiger partial charge on any atom is 0.254 e. The summed E-state index contributed by atoms with van der Waals surface area (Å²) in [6, 6.07) is 4.25. The number of nitrogens with zero attached hydrogens (tertiary/aromatic N) is 3. The van der Waals surface area contributed by atoms with E-state index >= 15 is 0 Å². The van der Waals surface area contributed by atoms with Crippen molar-refractivity contribution in [3.05, 3.63) is 40.1 Å². The molecule has 0 bridgehead atoms. The summed E-state index contributed by atoms with van der Waals surface area (Å²) >= 11 is 0. The van der Waals surface area contributed by atoms with Gasteiger partial charge >= 0.3 is 0 Å². The van der Waals surface area contributed by atoms with E-state index in [1.54, 1.807) is 0 Å². The van der Waals surface area contributed by atoms with Crippen LogP contribution < -0.4 is 11.1 Å². The molecule has 0 amide bonds. The summed E-state index contributed by atoms with van der Waals surface area (Å²) in [5, 5.41) is 7.74. The Labute approximate surface area is 171 Å². The molecule has 9 heteroatoms. The fraction of sp³-hybridized carbons (Fsp3) is 0.500. The predicted octanol–water partition coefficient (Wildman–Crippen LogP) is 1.89. The molecule has 8 nitrogen and oxygen atoms in total. The number of rotatable bonds is 3. The van der Waals surface area contributed by atoms with Crippen molar-refractivity contribution in [1.82, 2.24) is 14.1 Å². The molecule has 0 radical (unpaired) electrons. The Morgan fingerprint density at radius 3 is 2.83 bits per heavy atom. The largest absolute Gasteiger partial charge is 0.385 e. The molecule has 1 atom stereocenters. The number of nitrogen functional groups attached to an aromatic ring is 1. The minimum absolute atomic E-state index is 0.121. The topological polar surface area (TPSA) is 110 Å². The Balaban J connectivity index is 1.76. The number of sulfonamides is 1. The Bertz CT molecular complexity index is 1090. The van der Waals surface area contributed by atoms with Crippen LogP contribution in [0.25, 0.3) is 0 Å². The summed E-state index contributed by atoms with van der Waals surface area (Å²) in [6.07, 6.45) is 3.19. The molecule has 3 N–H and O–H groups in total. The zero-order valence-electron chi connectivity index (χ0n) is 17.0. The number of anilines is 2. The van der Waals surface area contributed by atoms with Gasteiger partial charge in [0.2, 0.25) is 10.0 Å². The summed E-state index contributed by atoms with van der Waals surface area (Å²) in [4.78, 5) is 13.6. The highest BCUT2D eigenvalue weighted by Crippen LogP contribution is 2.37. The molecule has 29 heavy (non-hydrogen) atoms. The lowest BCUT2D eigenvalue weighted by Crippen LogP contribution is -2.37. The van der Waals surface area contributed by atoms with E-state index in [4.69, 9.17) is 5.73 Å². The van der Waals surface area contributed by atoms with Gasteiger partial charge in [0, 0.05) is 24.3 Å². The van der Waals surface area contributed by atoms with Gasteiger partial charge in [0.1, 0.15) is 5.82 Å². The first-order valence-corrected chi connectivity index (χ1v) is 11.8. The average molecular weight is 418 g/mol. The quantitative estimate of drug-likeness (QED) is 0.789. The van der Waals surface area contributed by atoms with Crippen molar-refractivity contribution in [2.24, 2.45) is 0 Å². The molecule has 1 aromatic carbocycles. The van der Waals surface area contributed by atoms with Crippen LogP contribution in [0, 0.1) is 6.92 Å². The first-order chi connectivity index (χ1) is 13.7. The third-order valence-corrected chi connectivity index (χ3v) is 7.23. The molecule has 0 saturated carbocycles. The molecule has 2 aliphatic heterocycles. The Kier molecular flexibility index (Phi) is 4.90. The molecule has 156 valence electrons. The number of hydrogen-bond acceptors (Lipinski definition) is 6. The van der Waals surface area contributed by atoms with Gasteiger partial charge in [-0.25, -0.2) is 13.1 Å². The zero-order valence-corrected chi connectivity index (χ0v) is 17.8. The average Bonchev–Trinajstić information content (AvgIpc) is 3.02. The lowest BCUT2D eigenvalue weighted by Gasteiger charge is -2.29. The van der Waals surface area contributed by atoms with Gasteiger partial charge in [0.15, 0.2) is 0 Å². The van der Waals surface area contributed by atoms with Gasteiger partial charge in [-0.3, -0.25) is 4.79 Å². The molecule has 1 aromatic heterocycles. The number of fused-ring (bicyclic) bond motifs is 2. The lowest BCUT2D eigenvalue weighted by atomic mass is 9.86. The minimum Gasteiger partial charge on any atom is -0.385 e. The van der Waals surface area contributed by atoms with E-state index in [1.807, 2.05) is 0 Å². The van der Waals surface area contributed by atoms with Crippen molar-refractivity contribution >= 4 is 27.4 Å². The van der Waals surface area contributed by atoms with Gasteiger partial charge in [-0.1, -0.05) is 19.1 Å². The fourth-order valence-corrected chi connectivity index (χ4v) is 5.18. The lowest BCUT2D eigenvalue weighted by molar-refractivity contribution is 0.0850. The third-order valence-electron chi connectivity index (χ3n) is 5.98. The van der Waals surface area contributed by atoms with E-state index < -0.39 is 10.0 Å². The van der Waals surface area contributed by atoms with Gasteiger partial charge in [0.05, 0.1) is 24.4 Å². The first kappa shape index (κ1) is 19.9. The minimum atomic E-state index is -3.36. The third kappa shape index (κ3) is 3.42. The van der Waals surface area contributed by atoms with Gasteiger partial charge < -0.3 is 11.1 Å². The monoisotopic (exact) mass is 417 g/mol. The van der Waals surface area contributed by atoms with Crippen LogP contribution in [0.4, 0.5) is 11.5 Å². The number of nitrogens with two attached hydrogens (primary N) is 1. The zero-order chi connectivity index (χ0) is 20.9. The maximum atomic E-state index is 13.6. The number of benzene rings is 1. The number of aromatic nitrogens is 2. The van der Waals surface area contributed by atoms with Gasteiger partial charge in [-0.05, 0) is 42.9 Å². The predicted molar refractivity (Wildman–Crippen MR) is 113 cm³/mol.